The van der Waals surface area contributed by atoms with E-state index >= 15 is 0 Å². The summed E-state index contributed by atoms with van der Waals surface area (Å²) in [6.07, 6.45) is 0.0442. The summed E-state index contributed by atoms with van der Waals surface area (Å²) in [6, 6.07) is 2.07. The smallest absolute Gasteiger partial charge is 0.240 e. The number of nitrogens with two attached hydrogens (primary N) is 1. The molecule has 7 nitrogen and oxygen atoms in total. The number of hydrazine groups is 1. The van der Waals surface area contributed by atoms with Crippen molar-refractivity contribution in [2.45, 2.75) is 13.0 Å². The third-order valence-electron chi connectivity index (χ3n) is 3.03. The predicted octanol–water partition coefficient (Wildman–Crippen LogP) is 1.11. The zero-order valence-corrected chi connectivity index (χ0v) is 12.0. The molecule has 3 heterocycles. The fourth-order valence-electron chi connectivity index (χ4n) is 2.11. The summed E-state index contributed by atoms with van der Waals surface area (Å²) in [4.78, 5) is 10.8. The molecule has 1 aliphatic heterocycles. The Morgan fingerprint density at radius 3 is 3.10 bits per heavy atom. The maximum Gasteiger partial charge on any atom is 0.240 e. The van der Waals surface area contributed by atoms with Gasteiger partial charge in [0.25, 0.3) is 0 Å². The Bertz CT molecular complexity index is 597. The highest BCUT2D eigenvalue weighted by Crippen LogP contribution is 2.29. The molecule has 1 atom stereocenters. The lowest BCUT2D eigenvalue weighted by atomic mass is 10.3. The first kappa shape index (κ1) is 13.5. The van der Waals surface area contributed by atoms with Crippen LogP contribution in [0.1, 0.15) is 4.88 Å². The van der Waals surface area contributed by atoms with Crippen molar-refractivity contribution in [3.8, 4) is 0 Å². The molecule has 2 aromatic heterocycles. The minimum Gasteiger partial charge on any atom is -0.376 e. The molecule has 1 saturated heterocycles. The van der Waals surface area contributed by atoms with Crippen molar-refractivity contribution < 1.29 is 9.47 Å². The number of hydrogen-bond acceptors (Lipinski definition) is 8. The maximum absolute atomic E-state index is 5.60. The first-order valence-electron chi connectivity index (χ1n) is 6.44. The van der Waals surface area contributed by atoms with E-state index in [0.717, 1.165) is 16.0 Å². The van der Waals surface area contributed by atoms with E-state index < -0.39 is 0 Å². The number of thiophene rings is 1. The second kappa shape index (κ2) is 5.88. The number of ether oxygens (including phenoxy) is 2. The lowest BCUT2D eigenvalue weighted by molar-refractivity contribution is -0.0819. The summed E-state index contributed by atoms with van der Waals surface area (Å²) < 4.78 is 11.0. The molecule has 8 heteroatoms. The van der Waals surface area contributed by atoms with Gasteiger partial charge in [-0.1, -0.05) is 0 Å². The van der Waals surface area contributed by atoms with Crippen LogP contribution in [0.2, 0.25) is 0 Å². The largest absolute Gasteiger partial charge is 0.376 e. The van der Waals surface area contributed by atoms with Crippen molar-refractivity contribution in [1.82, 2.24) is 9.97 Å². The highest BCUT2D eigenvalue weighted by Gasteiger charge is 2.16. The molecule has 4 N–H and O–H groups in total. The normalized spacial score (nSPS) is 19.2. The van der Waals surface area contributed by atoms with E-state index in [4.69, 9.17) is 15.3 Å². The average molecular weight is 295 g/mol. The van der Waals surface area contributed by atoms with Crippen LogP contribution >= 0.6 is 11.3 Å². The molecule has 1 unspecified atom stereocenters. The number of aryl methyl sites for hydroxylation is 1. The predicted molar refractivity (Wildman–Crippen MR) is 79.0 cm³/mol. The second-order valence-corrected chi connectivity index (χ2v) is 5.80. The summed E-state index contributed by atoms with van der Waals surface area (Å²) >= 11 is 1.61. The monoisotopic (exact) mass is 295 g/mol. The van der Waals surface area contributed by atoms with Gasteiger partial charge in [-0.25, -0.2) is 10.8 Å². The fourth-order valence-corrected chi connectivity index (χ4v) is 2.99. The van der Waals surface area contributed by atoms with Crippen molar-refractivity contribution in [3.05, 3.63) is 10.9 Å². The van der Waals surface area contributed by atoms with Crippen molar-refractivity contribution in [2.75, 3.05) is 37.1 Å². The van der Waals surface area contributed by atoms with Gasteiger partial charge in [-0.15, -0.1) is 11.3 Å². The quantitative estimate of drug-likeness (QED) is 0.574. The molecule has 0 saturated carbocycles. The molecule has 1 aliphatic rings. The summed E-state index contributed by atoms with van der Waals surface area (Å²) in [5.41, 5.74) is 2.50. The molecule has 0 amide bonds. The number of aromatic nitrogens is 2. The van der Waals surface area contributed by atoms with E-state index in [0.29, 0.717) is 32.3 Å². The van der Waals surface area contributed by atoms with Crippen molar-refractivity contribution in [3.63, 3.8) is 0 Å². The van der Waals surface area contributed by atoms with E-state index in [1.54, 1.807) is 11.3 Å². The molecule has 0 aromatic carbocycles. The van der Waals surface area contributed by atoms with E-state index in [2.05, 4.69) is 26.8 Å². The van der Waals surface area contributed by atoms with Crippen LogP contribution in [0.5, 0.6) is 0 Å². The van der Waals surface area contributed by atoms with Crippen LogP contribution in [0.15, 0.2) is 6.07 Å². The number of hydrogen-bond donors (Lipinski definition) is 3. The summed E-state index contributed by atoms with van der Waals surface area (Å²) in [5, 5.41) is 4.30. The first-order chi connectivity index (χ1) is 9.76. The number of rotatable bonds is 4. The molecule has 0 radical (unpaired) electrons. The van der Waals surface area contributed by atoms with E-state index in [9.17, 15) is 0 Å². The summed E-state index contributed by atoms with van der Waals surface area (Å²) in [5.74, 6) is 6.58. The zero-order valence-electron chi connectivity index (χ0n) is 11.2. The van der Waals surface area contributed by atoms with E-state index in [1.165, 1.54) is 4.88 Å². The standard InChI is InChI=1S/C12H17N5O2S/c1-7-4-9-10(14-5-8-6-18-2-3-19-8)15-12(17-13)16-11(9)20-7/h4,8H,2-3,5-6,13H2,1H3,(H2,14,15,16,17). The van der Waals surface area contributed by atoms with Crippen molar-refractivity contribution in [2.24, 2.45) is 5.84 Å². The molecule has 0 aliphatic carbocycles. The molecule has 1 fully saturated rings. The molecule has 20 heavy (non-hydrogen) atoms. The summed E-state index contributed by atoms with van der Waals surface area (Å²) in [7, 11) is 0. The van der Waals surface area contributed by atoms with Crippen LogP contribution in [0.4, 0.5) is 11.8 Å². The van der Waals surface area contributed by atoms with Crippen LogP contribution in [-0.4, -0.2) is 42.4 Å². The first-order valence-corrected chi connectivity index (χ1v) is 7.26. The lowest BCUT2D eigenvalue weighted by Gasteiger charge is -2.23. The molecule has 108 valence electrons. The second-order valence-electron chi connectivity index (χ2n) is 4.56. The summed E-state index contributed by atoms with van der Waals surface area (Å²) in [6.45, 7) is 4.60. The Kier molecular flexibility index (Phi) is 3.97. The fraction of sp³-hybridized carbons (Fsp3) is 0.500. The molecule has 2 aromatic rings. The number of nitrogens with zero attached hydrogens (tertiary/aromatic N) is 2. The zero-order chi connectivity index (χ0) is 13.9. The Labute approximate surface area is 120 Å². The van der Waals surface area contributed by atoms with Crippen LogP contribution in [0.3, 0.4) is 0 Å². The topological polar surface area (TPSA) is 94.3 Å². The maximum atomic E-state index is 5.60. The average Bonchev–Trinajstić information content (AvgIpc) is 2.86. The molecular weight excluding hydrogens is 278 g/mol. The van der Waals surface area contributed by atoms with Gasteiger partial charge in [0.05, 0.1) is 31.3 Å². The Balaban J connectivity index is 1.81. The van der Waals surface area contributed by atoms with Gasteiger partial charge >= 0.3 is 0 Å². The molecule has 0 spiro atoms. The van der Waals surface area contributed by atoms with E-state index in [1.807, 2.05) is 6.92 Å². The molecular formula is C12H17N5O2S. The number of fused-ring (bicyclic) bond motifs is 1. The minimum atomic E-state index is 0.0442. The highest BCUT2D eigenvalue weighted by atomic mass is 32.1. The van der Waals surface area contributed by atoms with Crippen molar-refractivity contribution >= 4 is 33.3 Å². The van der Waals surface area contributed by atoms with E-state index in [-0.39, 0.29) is 6.10 Å². The van der Waals surface area contributed by atoms with Crippen LogP contribution in [0, 0.1) is 6.92 Å². The molecule has 3 rings (SSSR count). The van der Waals surface area contributed by atoms with Crippen LogP contribution in [-0.2, 0) is 9.47 Å². The van der Waals surface area contributed by atoms with Gasteiger partial charge in [-0.3, -0.25) is 5.43 Å². The van der Waals surface area contributed by atoms with Gasteiger partial charge in [0.2, 0.25) is 5.95 Å². The third kappa shape index (κ3) is 2.83. The Morgan fingerprint density at radius 2 is 2.35 bits per heavy atom. The Hall–Kier alpha value is -1.48. The van der Waals surface area contributed by atoms with Gasteiger partial charge in [-0.2, -0.15) is 4.98 Å². The van der Waals surface area contributed by atoms with Crippen LogP contribution < -0.4 is 16.6 Å². The van der Waals surface area contributed by atoms with Gasteiger partial charge in [0.15, 0.2) is 0 Å². The van der Waals surface area contributed by atoms with Gasteiger partial charge < -0.3 is 14.8 Å². The lowest BCUT2D eigenvalue weighted by Crippen LogP contribution is -2.34. The van der Waals surface area contributed by atoms with Crippen LogP contribution in [0.25, 0.3) is 10.2 Å². The van der Waals surface area contributed by atoms with Gasteiger partial charge in [0.1, 0.15) is 10.6 Å². The minimum absolute atomic E-state index is 0.0442. The van der Waals surface area contributed by atoms with Crippen molar-refractivity contribution in [1.29, 1.82) is 0 Å². The number of nitrogen functional groups attached to an aromatic ring is 1. The molecule has 0 bridgehead atoms. The number of nitrogens with one attached hydrogen (secondary N) is 2. The van der Waals surface area contributed by atoms with Gasteiger partial charge in [0, 0.05) is 11.4 Å². The number of anilines is 2. The Morgan fingerprint density at radius 1 is 1.45 bits per heavy atom. The highest BCUT2D eigenvalue weighted by molar-refractivity contribution is 7.18. The third-order valence-corrected chi connectivity index (χ3v) is 3.97. The van der Waals surface area contributed by atoms with Gasteiger partial charge in [-0.05, 0) is 13.0 Å². The SMILES string of the molecule is Cc1cc2c(NCC3COCCO3)nc(NN)nc2s1.